The molecule has 0 aromatic carbocycles. The lowest BCUT2D eigenvalue weighted by atomic mass is 9.52. The summed E-state index contributed by atoms with van der Waals surface area (Å²) in [6.45, 7) is 19.9. The number of hydrogen-bond acceptors (Lipinski definition) is 10. The normalized spacial score (nSPS) is 38.2. The number of carbonyl (C=O) groups is 4. The van der Waals surface area contributed by atoms with Gasteiger partial charge in [0.05, 0.1) is 33.9 Å². The molecule has 6 bridgehead atoms. The number of rotatable bonds is 10. The first-order valence-electron chi connectivity index (χ1n) is 22.9. The second-order valence-corrected chi connectivity index (χ2v) is 21.7. The predicted octanol–water partition coefficient (Wildman–Crippen LogP) is 9.35. The van der Waals surface area contributed by atoms with Crippen molar-refractivity contribution in [1.82, 2.24) is 0 Å². The van der Waals surface area contributed by atoms with Crippen LogP contribution in [0.1, 0.15) is 191 Å². The van der Waals surface area contributed by atoms with Crippen LogP contribution in [0.5, 0.6) is 0 Å². The average molecular weight is 801 g/mol. The van der Waals surface area contributed by atoms with E-state index in [0.29, 0.717) is 36.5 Å². The Morgan fingerprint density at radius 1 is 0.702 bits per heavy atom. The summed E-state index contributed by atoms with van der Waals surface area (Å²) in [6.07, 6.45) is 18.5. The summed E-state index contributed by atoms with van der Waals surface area (Å²) in [4.78, 5) is 48.6. The molecule has 9 aliphatic rings. The first-order chi connectivity index (χ1) is 26.6. The molecule has 3 heterocycles. The molecule has 6 saturated carbocycles. The van der Waals surface area contributed by atoms with Crippen molar-refractivity contribution in [2.45, 2.75) is 232 Å². The van der Waals surface area contributed by atoms with Crippen LogP contribution < -0.4 is 0 Å². The molecular formula is C47H76O10. The summed E-state index contributed by atoms with van der Waals surface area (Å²) >= 11 is 0. The van der Waals surface area contributed by atoms with E-state index in [1.807, 2.05) is 55.4 Å². The SMILES string of the molecule is CCC(C)(C)C(=O)OC1(CC)CCCCC12CCCC2.CCC(C)(C)C(=O)OC12CC3CC(CC(O)(C3)C1)C2.CCC(C)(C)C(=O)OC1C2CC3C(=O)OC1C3O2. The van der Waals surface area contributed by atoms with Gasteiger partial charge in [0, 0.05) is 11.8 Å². The van der Waals surface area contributed by atoms with Crippen LogP contribution in [0, 0.1) is 39.4 Å². The van der Waals surface area contributed by atoms with Crippen LogP contribution in [0.25, 0.3) is 0 Å². The highest BCUT2D eigenvalue weighted by Gasteiger charge is 2.65. The lowest BCUT2D eigenvalue weighted by Crippen LogP contribution is -2.61. The minimum Gasteiger partial charge on any atom is -0.459 e. The van der Waals surface area contributed by atoms with E-state index >= 15 is 0 Å². The molecule has 9 fully saturated rings. The number of fused-ring (bicyclic) bond motifs is 1. The molecule has 0 radical (unpaired) electrons. The van der Waals surface area contributed by atoms with Crippen molar-refractivity contribution in [2.75, 3.05) is 0 Å². The van der Waals surface area contributed by atoms with Gasteiger partial charge in [-0.25, -0.2) is 0 Å². The molecule has 0 amide bonds. The van der Waals surface area contributed by atoms with Gasteiger partial charge in [-0.2, -0.15) is 0 Å². The first kappa shape index (κ1) is 44.4. The van der Waals surface area contributed by atoms with Crippen LogP contribution in [0.4, 0.5) is 0 Å². The van der Waals surface area contributed by atoms with E-state index in [4.69, 9.17) is 23.7 Å². The zero-order valence-electron chi connectivity index (χ0n) is 37.1. The molecule has 1 spiro atoms. The largest absolute Gasteiger partial charge is 0.459 e. The van der Waals surface area contributed by atoms with Gasteiger partial charge in [0.15, 0.2) is 12.2 Å². The van der Waals surface area contributed by atoms with Crippen molar-refractivity contribution >= 4 is 23.9 Å². The lowest BCUT2D eigenvalue weighted by molar-refractivity contribution is -0.225. The highest BCUT2D eigenvalue weighted by molar-refractivity contribution is 5.79. The van der Waals surface area contributed by atoms with Crippen LogP contribution in [0.2, 0.25) is 0 Å². The average Bonchev–Trinajstić information content (AvgIpc) is 3.92. The van der Waals surface area contributed by atoms with Crippen LogP contribution in [-0.4, -0.2) is 70.2 Å². The van der Waals surface area contributed by atoms with Gasteiger partial charge in [0.1, 0.15) is 17.3 Å². The number of esters is 4. The van der Waals surface area contributed by atoms with Gasteiger partial charge in [-0.1, -0.05) is 47.0 Å². The van der Waals surface area contributed by atoms with Gasteiger partial charge < -0.3 is 28.8 Å². The molecule has 6 aliphatic carbocycles. The molecule has 57 heavy (non-hydrogen) atoms. The van der Waals surface area contributed by atoms with Gasteiger partial charge >= 0.3 is 23.9 Å². The van der Waals surface area contributed by atoms with Crippen LogP contribution in [0.3, 0.4) is 0 Å². The summed E-state index contributed by atoms with van der Waals surface area (Å²) < 4.78 is 28.7. The van der Waals surface area contributed by atoms with Crippen molar-refractivity contribution in [3.05, 3.63) is 0 Å². The van der Waals surface area contributed by atoms with Gasteiger partial charge in [-0.15, -0.1) is 0 Å². The fourth-order valence-corrected chi connectivity index (χ4v) is 11.9. The van der Waals surface area contributed by atoms with Crippen molar-refractivity contribution in [1.29, 1.82) is 0 Å². The van der Waals surface area contributed by atoms with Crippen LogP contribution >= 0.6 is 0 Å². The number of carbonyl (C=O) groups excluding carboxylic acids is 4. The maximum absolute atomic E-state index is 12.6. The predicted molar refractivity (Wildman–Crippen MR) is 216 cm³/mol. The molecule has 324 valence electrons. The first-order valence-corrected chi connectivity index (χ1v) is 22.9. The monoisotopic (exact) mass is 801 g/mol. The molecule has 8 unspecified atom stereocenters. The second kappa shape index (κ2) is 16.0. The van der Waals surface area contributed by atoms with E-state index in [-0.39, 0.29) is 58.6 Å². The fourth-order valence-electron chi connectivity index (χ4n) is 11.9. The third kappa shape index (κ3) is 8.44. The Labute approximate surface area is 342 Å². The molecular weight excluding hydrogens is 725 g/mol. The minimum absolute atomic E-state index is 0.0232. The molecule has 3 saturated heterocycles. The maximum Gasteiger partial charge on any atom is 0.312 e. The van der Waals surface area contributed by atoms with E-state index in [9.17, 15) is 24.3 Å². The Bertz CT molecular complexity index is 1490. The van der Waals surface area contributed by atoms with E-state index in [1.165, 1.54) is 51.4 Å². The van der Waals surface area contributed by atoms with Crippen molar-refractivity contribution in [3.8, 4) is 0 Å². The fraction of sp³-hybridized carbons (Fsp3) is 0.915. The Hall–Kier alpha value is -2.20. The zero-order chi connectivity index (χ0) is 41.8. The summed E-state index contributed by atoms with van der Waals surface area (Å²) in [5.41, 5.74) is -2.07. The van der Waals surface area contributed by atoms with E-state index < -0.39 is 28.6 Å². The van der Waals surface area contributed by atoms with Gasteiger partial charge in [0.2, 0.25) is 0 Å². The third-order valence-corrected chi connectivity index (χ3v) is 16.5. The summed E-state index contributed by atoms with van der Waals surface area (Å²) in [5.74, 6) is 0.462. The van der Waals surface area contributed by atoms with E-state index in [1.54, 1.807) is 0 Å². The standard InChI is InChI=1S/C18H32O2.C16H26O3.C13H18O5/c1-5-16(3,4)15(19)20-18(6-2)14-10-9-13-17(18)11-7-8-12-17;1-4-14(2,3)13(17)19-16-8-11-5-12(9-16)7-15(18,6-11)10-16;1-4-13(2,3)12(15)18-9-7-5-6-8(16-7)10(9)17-11(6)14/h5-14H2,1-4H3;11-12,18H,4-10H2,1-3H3;6-10H,4-5H2,1-3H3. The van der Waals surface area contributed by atoms with Crippen LogP contribution in [0.15, 0.2) is 0 Å². The Balaban J connectivity index is 0.000000145. The third-order valence-electron chi connectivity index (χ3n) is 16.5. The van der Waals surface area contributed by atoms with Gasteiger partial charge in [-0.3, -0.25) is 19.2 Å². The Morgan fingerprint density at radius 3 is 1.72 bits per heavy atom. The molecule has 10 heteroatoms. The number of ether oxygens (including phenoxy) is 5. The highest BCUT2D eigenvalue weighted by atomic mass is 16.7. The van der Waals surface area contributed by atoms with Crippen LogP contribution in [-0.2, 0) is 42.9 Å². The summed E-state index contributed by atoms with van der Waals surface area (Å²) in [7, 11) is 0. The smallest absolute Gasteiger partial charge is 0.312 e. The molecule has 0 aromatic rings. The second-order valence-electron chi connectivity index (χ2n) is 21.7. The number of aliphatic hydroxyl groups is 1. The van der Waals surface area contributed by atoms with E-state index in [0.717, 1.165) is 51.4 Å². The molecule has 1 N–H and O–H groups in total. The zero-order valence-corrected chi connectivity index (χ0v) is 37.1. The number of hydrogen-bond donors (Lipinski definition) is 1. The molecule has 0 aromatic heterocycles. The van der Waals surface area contributed by atoms with Crippen molar-refractivity contribution < 1.29 is 48.0 Å². The summed E-state index contributed by atoms with van der Waals surface area (Å²) in [5, 5.41) is 10.6. The van der Waals surface area contributed by atoms with Gasteiger partial charge in [0.25, 0.3) is 0 Å². The van der Waals surface area contributed by atoms with Crippen molar-refractivity contribution in [2.24, 2.45) is 39.4 Å². The Kier molecular flexibility index (Phi) is 12.5. The quantitative estimate of drug-likeness (QED) is 0.168. The molecule has 8 atom stereocenters. The maximum atomic E-state index is 12.6. The van der Waals surface area contributed by atoms with E-state index in [2.05, 4.69) is 13.8 Å². The molecule has 3 aliphatic heterocycles. The lowest BCUT2D eigenvalue weighted by Gasteiger charge is -2.59. The Morgan fingerprint density at radius 2 is 1.21 bits per heavy atom. The molecule has 10 nitrogen and oxygen atoms in total. The van der Waals surface area contributed by atoms with Gasteiger partial charge in [-0.05, 0) is 150 Å². The summed E-state index contributed by atoms with van der Waals surface area (Å²) in [6, 6.07) is 0. The topological polar surface area (TPSA) is 135 Å². The molecule has 9 rings (SSSR count). The minimum atomic E-state index is -0.555. The van der Waals surface area contributed by atoms with Crippen molar-refractivity contribution in [3.63, 3.8) is 0 Å². The highest BCUT2D eigenvalue weighted by Crippen LogP contribution is 2.60.